The molecule has 1 aromatic heterocycles. The van der Waals surface area contributed by atoms with E-state index in [1.807, 2.05) is 19.1 Å². The first-order chi connectivity index (χ1) is 8.59. The number of aromatic nitrogens is 1. The Hall–Kier alpha value is -1.48. The number of aryl methyl sites for hydroxylation is 2. The maximum absolute atomic E-state index is 11.3. The topological polar surface area (TPSA) is 53.1 Å². The smallest absolute Gasteiger partial charge is 0.312 e. The molecule has 1 aliphatic carbocycles. The number of benzene rings is 1. The summed E-state index contributed by atoms with van der Waals surface area (Å²) in [4.78, 5) is 14.6. The van der Waals surface area contributed by atoms with E-state index in [9.17, 15) is 9.90 Å². The van der Waals surface area contributed by atoms with Gasteiger partial charge in [0.1, 0.15) is 0 Å². The summed E-state index contributed by atoms with van der Waals surface area (Å²) in [5.41, 5.74) is 4.03. The number of H-pyrrole nitrogens is 1. The number of fused-ring (bicyclic) bond motifs is 3. The van der Waals surface area contributed by atoms with E-state index in [2.05, 4.69) is 4.98 Å². The van der Waals surface area contributed by atoms with Crippen LogP contribution in [-0.2, 0) is 11.2 Å². The predicted octanol–water partition coefficient (Wildman–Crippen LogP) is 3.63. The van der Waals surface area contributed by atoms with E-state index in [1.165, 1.54) is 0 Å². The van der Waals surface area contributed by atoms with Crippen molar-refractivity contribution < 1.29 is 9.90 Å². The SMILES string of the molecule is Cc1ccc(Cl)c2c3c([nH]c12)C(C(=O)O)CCC3. The number of hydrogen-bond donors (Lipinski definition) is 2. The fourth-order valence-electron chi connectivity index (χ4n) is 2.91. The van der Waals surface area contributed by atoms with E-state index in [0.717, 1.165) is 40.6 Å². The Morgan fingerprint density at radius 3 is 3.00 bits per heavy atom. The molecule has 3 rings (SSSR count). The summed E-state index contributed by atoms with van der Waals surface area (Å²) in [7, 11) is 0. The molecule has 1 aliphatic rings. The van der Waals surface area contributed by atoms with E-state index < -0.39 is 11.9 Å². The highest BCUT2D eigenvalue weighted by Crippen LogP contribution is 2.39. The fraction of sp³-hybridized carbons (Fsp3) is 0.357. The largest absolute Gasteiger partial charge is 0.481 e. The molecule has 2 N–H and O–H groups in total. The van der Waals surface area contributed by atoms with Gasteiger partial charge in [-0.05, 0) is 43.4 Å². The normalized spacial score (nSPS) is 18.9. The third-order valence-electron chi connectivity index (χ3n) is 3.82. The molecule has 0 saturated heterocycles. The van der Waals surface area contributed by atoms with Crippen molar-refractivity contribution in [3.8, 4) is 0 Å². The van der Waals surface area contributed by atoms with E-state index in [-0.39, 0.29) is 0 Å². The maximum atomic E-state index is 11.3. The van der Waals surface area contributed by atoms with Crippen LogP contribution in [0.15, 0.2) is 12.1 Å². The van der Waals surface area contributed by atoms with Crippen LogP contribution in [0.25, 0.3) is 10.9 Å². The van der Waals surface area contributed by atoms with E-state index in [1.54, 1.807) is 0 Å². The highest BCUT2D eigenvalue weighted by molar-refractivity contribution is 6.36. The fourth-order valence-corrected chi connectivity index (χ4v) is 3.19. The van der Waals surface area contributed by atoms with Gasteiger partial charge in [-0.2, -0.15) is 0 Å². The third-order valence-corrected chi connectivity index (χ3v) is 4.13. The van der Waals surface area contributed by atoms with Crippen molar-refractivity contribution in [1.82, 2.24) is 4.98 Å². The van der Waals surface area contributed by atoms with E-state index in [4.69, 9.17) is 11.6 Å². The van der Waals surface area contributed by atoms with Gasteiger partial charge in [-0.15, -0.1) is 0 Å². The Bertz CT molecular complexity index is 645. The van der Waals surface area contributed by atoms with Crippen molar-refractivity contribution in [2.24, 2.45) is 0 Å². The van der Waals surface area contributed by atoms with Gasteiger partial charge in [0.2, 0.25) is 0 Å². The Morgan fingerprint density at radius 1 is 1.50 bits per heavy atom. The van der Waals surface area contributed by atoms with Crippen LogP contribution in [0.1, 0.15) is 35.6 Å². The quantitative estimate of drug-likeness (QED) is 0.825. The van der Waals surface area contributed by atoms with E-state index >= 15 is 0 Å². The van der Waals surface area contributed by atoms with Gasteiger partial charge in [0.25, 0.3) is 0 Å². The first-order valence-corrected chi connectivity index (χ1v) is 6.49. The molecule has 94 valence electrons. The van der Waals surface area contributed by atoms with Crippen molar-refractivity contribution in [3.05, 3.63) is 34.0 Å². The molecule has 1 unspecified atom stereocenters. The van der Waals surface area contributed by atoms with Crippen molar-refractivity contribution in [3.63, 3.8) is 0 Å². The number of aromatic amines is 1. The molecule has 2 aromatic rings. The number of carbonyl (C=O) groups is 1. The highest BCUT2D eigenvalue weighted by atomic mass is 35.5. The summed E-state index contributed by atoms with van der Waals surface area (Å²) < 4.78 is 0. The van der Waals surface area contributed by atoms with Crippen LogP contribution in [-0.4, -0.2) is 16.1 Å². The summed E-state index contributed by atoms with van der Waals surface area (Å²) in [6.45, 7) is 2.01. The molecule has 0 saturated carbocycles. The van der Waals surface area contributed by atoms with Gasteiger partial charge < -0.3 is 10.1 Å². The Balaban J connectivity index is 2.34. The van der Waals surface area contributed by atoms with Gasteiger partial charge in [-0.3, -0.25) is 4.79 Å². The zero-order chi connectivity index (χ0) is 12.9. The van der Waals surface area contributed by atoms with Crippen LogP contribution in [0.5, 0.6) is 0 Å². The molecule has 0 bridgehead atoms. The number of carboxylic acid groups (broad SMARTS) is 1. The zero-order valence-electron chi connectivity index (χ0n) is 10.1. The molecule has 3 nitrogen and oxygen atoms in total. The van der Waals surface area contributed by atoms with Crippen LogP contribution in [0.2, 0.25) is 5.02 Å². The van der Waals surface area contributed by atoms with Gasteiger partial charge in [-0.1, -0.05) is 17.7 Å². The van der Waals surface area contributed by atoms with Crippen molar-refractivity contribution in [1.29, 1.82) is 0 Å². The molecule has 4 heteroatoms. The summed E-state index contributed by atoms with van der Waals surface area (Å²) in [6, 6.07) is 3.85. The summed E-state index contributed by atoms with van der Waals surface area (Å²) in [6.07, 6.45) is 2.51. The van der Waals surface area contributed by atoms with E-state index in [0.29, 0.717) is 11.4 Å². The van der Waals surface area contributed by atoms with Crippen LogP contribution in [0.4, 0.5) is 0 Å². The van der Waals surface area contributed by atoms with Gasteiger partial charge in [0.15, 0.2) is 0 Å². The predicted molar refractivity (Wildman–Crippen MR) is 71.4 cm³/mol. The maximum Gasteiger partial charge on any atom is 0.312 e. The summed E-state index contributed by atoms with van der Waals surface area (Å²) in [5, 5.41) is 11.0. The zero-order valence-corrected chi connectivity index (χ0v) is 10.8. The number of hydrogen-bond acceptors (Lipinski definition) is 1. The number of carboxylic acids is 1. The van der Waals surface area contributed by atoms with Crippen LogP contribution >= 0.6 is 11.6 Å². The summed E-state index contributed by atoms with van der Waals surface area (Å²) >= 11 is 6.27. The lowest BCUT2D eigenvalue weighted by Crippen LogP contribution is -2.17. The van der Waals surface area contributed by atoms with Gasteiger partial charge in [-0.25, -0.2) is 0 Å². The van der Waals surface area contributed by atoms with Gasteiger partial charge in [0.05, 0.1) is 16.5 Å². The van der Waals surface area contributed by atoms with Crippen molar-refractivity contribution in [2.45, 2.75) is 32.1 Å². The van der Waals surface area contributed by atoms with Crippen LogP contribution in [0.3, 0.4) is 0 Å². The second kappa shape index (κ2) is 4.02. The Morgan fingerprint density at radius 2 is 2.28 bits per heavy atom. The molecule has 0 spiro atoms. The highest BCUT2D eigenvalue weighted by Gasteiger charge is 2.30. The average Bonchev–Trinajstić information content (AvgIpc) is 2.74. The summed E-state index contributed by atoms with van der Waals surface area (Å²) in [5.74, 6) is -1.17. The first-order valence-electron chi connectivity index (χ1n) is 6.12. The average molecular weight is 264 g/mol. The number of halogens is 1. The van der Waals surface area contributed by atoms with Crippen LogP contribution in [0, 0.1) is 6.92 Å². The number of aliphatic carboxylic acids is 1. The minimum Gasteiger partial charge on any atom is -0.481 e. The molecular formula is C14H14ClNO2. The molecular weight excluding hydrogens is 250 g/mol. The molecule has 0 amide bonds. The molecule has 0 radical (unpaired) electrons. The first kappa shape index (κ1) is 11.6. The lowest BCUT2D eigenvalue weighted by Gasteiger charge is -2.18. The Kier molecular flexibility index (Phi) is 2.59. The second-order valence-electron chi connectivity index (χ2n) is 4.91. The Labute approximate surface area is 110 Å². The minimum atomic E-state index is -0.753. The number of nitrogens with one attached hydrogen (secondary N) is 1. The monoisotopic (exact) mass is 263 g/mol. The molecule has 1 heterocycles. The van der Waals surface area contributed by atoms with Crippen molar-refractivity contribution in [2.75, 3.05) is 0 Å². The second-order valence-corrected chi connectivity index (χ2v) is 5.32. The van der Waals surface area contributed by atoms with Crippen molar-refractivity contribution >= 4 is 28.5 Å². The number of rotatable bonds is 1. The third kappa shape index (κ3) is 1.54. The molecule has 1 aromatic carbocycles. The van der Waals surface area contributed by atoms with Crippen LogP contribution < -0.4 is 0 Å². The standard InChI is InChI=1S/C14H14ClNO2/c1-7-5-6-10(15)11-8-3-2-4-9(14(17)18)13(8)16-12(7)11/h5-6,9,16H,2-4H2,1H3,(H,17,18). The minimum absolute atomic E-state index is 0.420. The molecule has 0 aliphatic heterocycles. The lowest BCUT2D eigenvalue weighted by molar-refractivity contribution is -0.139. The molecule has 18 heavy (non-hydrogen) atoms. The molecule has 1 atom stereocenters. The van der Waals surface area contributed by atoms with Gasteiger partial charge >= 0.3 is 5.97 Å². The lowest BCUT2D eigenvalue weighted by atomic mass is 9.87. The molecule has 0 fully saturated rings. The van der Waals surface area contributed by atoms with Gasteiger partial charge in [0, 0.05) is 11.1 Å².